The Balaban J connectivity index is 0.000000117. The van der Waals surface area contributed by atoms with Crippen LogP contribution in [0.5, 0.6) is 0 Å². The number of benzene rings is 14. The van der Waals surface area contributed by atoms with Crippen LogP contribution in [0.3, 0.4) is 0 Å². The van der Waals surface area contributed by atoms with Crippen molar-refractivity contribution in [1.82, 2.24) is 23.3 Å². The molecule has 103 heavy (non-hydrogen) atoms. The lowest BCUT2D eigenvalue weighted by atomic mass is 9.92. The van der Waals surface area contributed by atoms with Gasteiger partial charge in [-0.15, -0.1) is 22.7 Å². The standard InChI is InChI=1S/C47H29N3S.C35H22S.C13H9BrN2/c1-3-11-30(12-4-1)33-20-24-41-38(27-33)44-36-15-7-8-16-37(36)45-39-28-34(31-13-5-2-6-14-31)21-25-42(39)51-47(45)46(44)50(41)35-22-18-32(19-23-35)40-29-49-26-10-9-17-43(49)48-40;1-3-9-22(10-4-1)24-15-16-26-21-31-33(29(26)19-24)27-13-7-8-14-28(27)34-30-20-25(23-11-5-2-6-12-23)17-18-32(30)36-35(31)34;14-11-6-4-10(5-7-11)12-9-16-8-2-1-3-13(16)15-12/h1-29H;1-20H,21H2;1-9H. The van der Waals surface area contributed by atoms with E-state index in [2.05, 4.69) is 315 Å². The van der Waals surface area contributed by atoms with Crippen molar-refractivity contribution in [1.29, 1.82) is 0 Å². The summed E-state index contributed by atoms with van der Waals surface area (Å²) in [4.78, 5) is 9.46. The van der Waals surface area contributed by atoms with E-state index in [1.165, 1.54) is 150 Å². The van der Waals surface area contributed by atoms with Gasteiger partial charge in [0.15, 0.2) is 0 Å². The van der Waals surface area contributed by atoms with Crippen molar-refractivity contribution in [2.75, 3.05) is 0 Å². The van der Waals surface area contributed by atoms with Crippen LogP contribution in [-0.4, -0.2) is 23.3 Å². The summed E-state index contributed by atoms with van der Waals surface area (Å²) in [5.41, 5.74) is 25.5. The third-order valence-corrected chi connectivity index (χ3v) is 23.5. The van der Waals surface area contributed by atoms with Gasteiger partial charge in [0.25, 0.3) is 0 Å². The number of pyridine rings is 2. The summed E-state index contributed by atoms with van der Waals surface area (Å²) >= 11 is 7.29. The van der Waals surface area contributed by atoms with Gasteiger partial charge < -0.3 is 13.4 Å². The average Bonchev–Trinajstić information content (AvgIpc) is 1.55. The van der Waals surface area contributed by atoms with E-state index in [1.807, 2.05) is 94.2 Å². The molecule has 0 amide bonds. The van der Waals surface area contributed by atoms with Gasteiger partial charge in [-0.2, -0.15) is 0 Å². The lowest BCUT2D eigenvalue weighted by Crippen LogP contribution is -1.94. The number of aromatic nitrogens is 5. The molecule has 14 aromatic carbocycles. The molecule has 1 aliphatic carbocycles. The maximum absolute atomic E-state index is 4.90. The first-order valence-electron chi connectivity index (χ1n) is 34.8. The summed E-state index contributed by atoms with van der Waals surface area (Å²) in [7, 11) is 0. The molecule has 7 aromatic heterocycles. The minimum absolute atomic E-state index is 0.947. The summed E-state index contributed by atoms with van der Waals surface area (Å²) in [6.07, 6.45) is 9.20. The van der Waals surface area contributed by atoms with E-state index >= 15 is 0 Å². The number of nitrogens with zero attached hydrogens (tertiary/aromatic N) is 5. The fourth-order valence-electron chi connectivity index (χ4n) is 15.7. The normalized spacial score (nSPS) is 11.9. The molecule has 0 aliphatic heterocycles. The van der Waals surface area contributed by atoms with E-state index in [0.717, 1.165) is 50.4 Å². The van der Waals surface area contributed by atoms with Crippen LogP contribution >= 0.6 is 38.6 Å². The summed E-state index contributed by atoms with van der Waals surface area (Å²) in [6, 6.07) is 118. The molecule has 0 radical (unpaired) electrons. The van der Waals surface area contributed by atoms with Crippen LogP contribution in [0.15, 0.2) is 357 Å². The lowest BCUT2D eigenvalue weighted by molar-refractivity contribution is 1.19. The Morgan fingerprint density at radius 1 is 0.320 bits per heavy atom. The Hall–Kier alpha value is -12.3. The average molecular weight is 1420 g/mol. The molecule has 0 spiro atoms. The SMILES string of the molecule is Brc1ccc(-c2cn3ccccc3n2)cc1.c1ccc(-c2ccc3c(c2)-c2c(c4sc5ccc(-c6ccccc6)cc5c4c4ccccc24)C3)cc1.c1ccc(-c2ccc3sc4c(c3c2)c2ccccc2c2c3cc(-c5ccccc5)ccc3n(-c3ccc(-c5cn6ccccc6n5)cc3)c42)cc1. The fourth-order valence-corrected chi connectivity index (χ4v) is 18.4. The molecule has 7 heterocycles. The molecule has 0 saturated heterocycles. The summed E-state index contributed by atoms with van der Waals surface area (Å²) in [5.74, 6) is 0. The maximum atomic E-state index is 4.90. The molecular weight excluding hydrogens is 1360 g/mol. The molecule has 21 aromatic rings. The predicted octanol–water partition coefficient (Wildman–Crippen LogP) is 26.8. The third-order valence-electron chi connectivity index (χ3n) is 20.5. The van der Waals surface area contributed by atoms with Gasteiger partial charge in [0.1, 0.15) is 11.3 Å². The summed E-state index contributed by atoms with van der Waals surface area (Å²) in [6.45, 7) is 0. The largest absolute Gasteiger partial charge is 0.308 e. The van der Waals surface area contributed by atoms with Crippen LogP contribution in [0, 0.1) is 0 Å². The zero-order chi connectivity index (χ0) is 68.1. The molecule has 0 bridgehead atoms. The number of rotatable bonds is 7. The Morgan fingerprint density at radius 2 is 0.738 bits per heavy atom. The van der Waals surface area contributed by atoms with Crippen molar-refractivity contribution in [3.63, 3.8) is 0 Å². The first kappa shape index (κ1) is 60.6. The number of imidazole rings is 2. The Labute approximate surface area is 610 Å². The molecule has 8 heteroatoms. The van der Waals surface area contributed by atoms with Crippen LogP contribution in [0.25, 0.3) is 179 Å². The minimum atomic E-state index is 0.947. The third kappa shape index (κ3) is 10.6. The fraction of sp³-hybridized carbons (Fsp3) is 0.0105. The molecule has 0 unspecified atom stereocenters. The first-order valence-corrected chi connectivity index (χ1v) is 37.2. The van der Waals surface area contributed by atoms with Gasteiger partial charge in [-0.3, -0.25) is 0 Å². The lowest BCUT2D eigenvalue weighted by Gasteiger charge is -2.11. The van der Waals surface area contributed by atoms with Gasteiger partial charge in [0.2, 0.25) is 0 Å². The van der Waals surface area contributed by atoms with Crippen molar-refractivity contribution in [3.05, 3.63) is 368 Å². The van der Waals surface area contributed by atoms with Gasteiger partial charge >= 0.3 is 0 Å². The molecule has 0 N–H and O–H groups in total. The molecule has 0 fully saturated rings. The highest BCUT2D eigenvalue weighted by molar-refractivity contribution is 9.10. The second-order valence-electron chi connectivity index (χ2n) is 26.5. The van der Waals surface area contributed by atoms with Crippen LogP contribution in [-0.2, 0) is 6.42 Å². The van der Waals surface area contributed by atoms with Crippen molar-refractivity contribution < 1.29 is 0 Å². The Morgan fingerprint density at radius 3 is 1.27 bits per heavy atom. The van der Waals surface area contributed by atoms with E-state index in [4.69, 9.17) is 4.98 Å². The topological polar surface area (TPSA) is 39.5 Å². The second kappa shape index (κ2) is 25.1. The summed E-state index contributed by atoms with van der Waals surface area (Å²) in [5, 5.41) is 13.3. The highest BCUT2D eigenvalue weighted by Crippen LogP contribution is 2.53. The predicted molar refractivity (Wildman–Crippen MR) is 441 cm³/mol. The number of hydrogen-bond acceptors (Lipinski definition) is 4. The quantitative estimate of drug-likeness (QED) is 0.160. The van der Waals surface area contributed by atoms with Crippen LogP contribution in [0.1, 0.15) is 11.1 Å². The van der Waals surface area contributed by atoms with E-state index in [0.29, 0.717) is 0 Å². The van der Waals surface area contributed by atoms with Crippen molar-refractivity contribution in [2.45, 2.75) is 6.42 Å². The smallest absolute Gasteiger partial charge is 0.137 e. The molecule has 484 valence electrons. The number of halogens is 1. The zero-order valence-corrected chi connectivity index (χ0v) is 58.8. The Kier molecular flexibility index (Phi) is 14.8. The van der Waals surface area contributed by atoms with E-state index in [1.54, 1.807) is 0 Å². The minimum Gasteiger partial charge on any atom is -0.308 e. The highest BCUT2D eigenvalue weighted by atomic mass is 79.9. The van der Waals surface area contributed by atoms with Gasteiger partial charge in [-0.05, 0) is 179 Å². The van der Waals surface area contributed by atoms with E-state index in [9.17, 15) is 0 Å². The van der Waals surface area contributed by atoms with Crippen molar-refractivity contribution >= 4 is 134 Å². The molecule has 0 saturated carbocycles. The van der Waals surface area contributed by atoms with Gasteiger partial charge in [-0.1, -0.05) is 253 Å². The van der Waals surface area contributed by atoms with E-state index in [-0.39, 0.29) is 0 Å². The number of hydrogen-bond donors (Lipinski definition) is 0. The van der Waals surface area contributed by atoms with Crippen molar-refractivity contribution in [3.8, 4) is 83.8 Å². The number of thiophene rings is 2. The second-order valence-corrected chi connectivity index (χ2v) is 29.5. The molecule has 1 aliphatic rings. The first-order chi connectivity index (χ1) is 51.0. The Bertz CT molecular complexity index is 6800. The van der Waals surface area contributed by atoms with Crippen LogP contribution in [0.4, 0.5) is 0 Å². The highest BCUT2D eigenvalue weighted by Gasteiger charge is 2.28. The number of fused-ring (bicyclic) bond motifs is 22. The molecule has 5 nitrogen and oxygen atoms in total. The molecule has 0 atom stereocenters. The van der Waals surface area contributed by atoms with Gasteiger partial charge in [0, 0.05) is 98.9 Å². The monoisotopic (exact) mass is 1410 g/mol. The molecular formula is C95H60BrN5S2. The van der Waals surface area contributed by atoms with Gasteiger partial charge in [-0.25, -0.2) is 9.97 Å². The van der Waals surface area contributed by atoms with E-state index < -0.39 is 0 Å². The maximum Gasteiger partial charge on any atom is 0.137 e. The van der Waals surface area contributed by atoms with Gasteiger partial charge in [0.05, 0.1) is 27.1 Å². The molecule has 22 rings (SSSR count). The zero-order valence-electron chi connectivity index (χ0n) is 55.6. The van der Waals surface area contributed by atoms with Crippen molar-refractivity contribution in [2.24, 2.45) is 0 Å². The van der Waals surface area contributed by atoms with Crippen LogP contribution in [0.2, 0.25) is 0 Å². The van der Waals surface area contributed by atoms with Crippen LogP contribution < -0.4 is 0 Å². The summed E-state index contributed by atoms with van der Waals surface area (Å²) < 4.78 is 13.1.